The molecule has 194 valence electrons. The number of ether oxygens (including phenoxy) is 3. The summed E-state index contributed by atoms with van der Waals surface area (Å²) in [4.78, 5) is 33.0. The highest BCUT2D eigenvalue weighted by Crippen LogP contribution is 2.46. The van der Waals surface area contributed by atoms with Gasteiger partial charge in [0.2, 0.25) is 0 Å². The van der Waals surface area contributed by atoms with E-state index in [9.17, 15) is 14.7 Å². The molecule has 1 aliphatic heterocycles. The third kappa shape index (κ3) is 4.35. The number of hydrogen-bond donors (Lipinski definition) is 1. The van der Waals surface area contributed by atoms with E-state index >= 15 is 0 Å². The first-order chi connectivity index (χ1) is 18.4. The number of fused-ring (bicyclic) bond motifs is 1. The van der Waals surface area contributed by atoms with Crippen LogP contribution in [0.25, 0.3) is 16.0 Å². The number of carbonyl (C=O) groups is 2. The Morgan fingerprint density at radius 1 is 1.00 bits per heavy atom. The molecular weight excluding hydrogens is 504 g/mol. The first kappa shape index (κ1) is 25.3. The Hall–Kier alpha value is -4.37. The van der Waals surface area contributed by atoms with Crippen LogP contribution in [0, 0.1) is 6.92 Å². The van der Waals surface area contributed by atoms with Crippen LogP contribution in [0.5, 0.6) is 17.2 Å². The van der Waals surface area contributed by atoms with Gasteiger partial charge in [-0.2, -0.15) is 0 Å². The Kier molecular flexibility index (Phi) is 6.77. The number of anilines is 1. The predicted octanol–water partition coefficient (Wildman–Crippen LogP) is 5.65. The van der Waals surface area contributed by atoms with Gasteiger partial charge < -0.3 is 19.3 Å². The minimum absolute atomic E-state index is 0.0400. The highest BCUT2D eigenvalue weighted by Gasteiger charge is 2.48. The van der Waals surface area contributed by atoms with Gasteiger partial charge in [-0.05, 0) is 73.5 Å². The third-order valence-electron chi connectivity index (χ3n) is 6.35. The van der Waals surface area contributed by atoms with Crippen molar-refractivity contribution in [2.75, 3.05) is 25.7 Å². The molecule has 9 heteroatoms. The molecule has 1 aliphatic rings. The molecule has 0 bridgehead atoms. The van der Waals surface area contributed by atoms with E-state index in [4.69, 9.17) is 14.2 Å². The molecule has 1 N–H and O–H groups in total. The Morgan fingerprint density at radius 2 is 1.74 bits per heavy atom. The molecule has 1 saturated heterocycles. The fourth-order valence-electron chi connectivity index (χ4n) is 4.52. The summed E-state index contributed by atoms with van der Waals surface area (Å²) in [6.45, 7) is 4.35. The minimum atomic E-state index is -0.942. The van der Waals surface area contributed by atoms with Crippen molar-refractivity contribution in [2.24, 2.45) is 0 Å². The average Bonchev–Trinajstić information content (AvgIpc) is 3.45. The van der Waals surface area contributed by atoms with Crippen molar-refractivity contribution < 1.29 is 28.9 Å². The molecule has 1 unspecified atom stereocenters. The topological polar surface area (TPSA) is 98.2 Å². The van der Waals surface area contributed by atoms with Crippen LogP contribution in [0.4, 0.5) is 5.13 Å². The second-order valence-corrected chi connectivity index (χ2v) is 9.72. The first-order valence-corrected chi connectivity index (χ1v) is 12.8. The van der Waals surface area contributed by atoms with Crippen LogP contribution in [0.2, 0.25) is 0 Å². The van der Waals surface area contributed by atoms with Gasteiger partial charge in [-0.15, -0.1) is 0 Å². The molecule has 1 aromatic heterocycles. The summed E-state index contributed by atoms with van der Waals surface area (Å²) in [6, 6.07) is 16.7. The van der Waals surface area contributed by atoms with Crippen molar-refractivity contribution in [2.45, 2.75) is 19.9 Å². The zero-order chi connectivity index (χ0) is 27.0. The van der Waals surface area contributed by atoms with Crippen LogP contribution in [0.3, 0.4) is 0 Å². The van der Waals surface area contributed by atoms with E-state index in [2.05, 4.69) is 4.98 Å². The maximum absolute atomic E-state index is 13.5. The van der Waals surface area contributed by atoms with Crippen molar-refractivity contribution in [3.8, 4) is 17.2 Å². The lowest BCUT2D eigenvalue weighted by Crippen LogP contribution is -2.29. The number of amides is 1. The summed E-state index contributed by atoms with van der Waals surface area (Å²) in [5.74, 6) is -0.303. The van der Waals surface area contributed by atoms with E-state index in [1.54, 1.807) is 42.5 Å². The monoisotopic (exact) mass is 530 g/mol. The number of aliphatic hydroxyl groups excluding tert-OH is 1. The lowest BCUT2D eigenvalue weighted by Gasteiger charge is -2.23. The fourth-order valence-corrected chi connectivity index (χ4v) is 5.61. The van der Waals surface area contributed by atoms with Crippen molar-refractivity contribution in [3.63, 3.8) is 0 Å². The molecule has 5 rings (SSSR count). The van der Waals surface area contributed by atoms with E-state index in [1.807, 2.05) is 32.0 Å². The van der Waals surface area contributed by atoms with Gasteiger partial charge in [-0.1, -0.05) is 23.5 Å². The molecule has 1 amide bonds. The minimum Gasteiger partial charge on any atom is -0.507 e. The molecule has 0 radical (unpaired) electrons. The molecule has 0 saturated carbocycles. The number of nitrogens with zero attached hydrogens (tertiary/aromatic N) is 2. The molecule has 0 spiro atoms. The lowest BCUT2D eigenvalue weighted by atomic mass is 9.95. The maximum Gasteiger partial charge on any atom is 0.301 e. The number of hydrogen-bond acceptors (Lipinski definition) is 8. The quantitative estimate of drug-likeness (QED) is 0.187. The van der Waals surface area contributed by atoms with Crippen LogP contribution >= 0.6 is 11.3 Å². The summed E-state index contributed by atoms with van der Waals surface area (Å²) in [5.41, 5.74) is 2.68. The van der Waals surface area contributed by atoms with Gasteiger partial charge in [0.15, 0.2) is 16.6 Å². The molecule has 2 heterocycles. The number of benzene rings is 3. The molecule has 38 heavy (non-hydrogen) atoms. The van der Waals surface area contributed by atoms with E-state index in [-0.39, 0.29) is 11.3 Å². The van der Waals surface area contributed by atoms with Crippen LogP contribution in [-0.2, 0) is 9.59 Å². The predicted molar refractivity (Wildman–Crippen MR) is 146 cm³/mol. The van der Waals surface area contributed by atoms with E-state index in [0.717, 1.165) is 15.8 Å². The van der Waals surface area contributed by atoms with Gasteiger partial charge >= 0.3 is 5.91 Å². The van der Waals surface area contributed by atoms with Gasteiger partial charge in [0.1, 0.15) is 11.5 Å². The number of aliphatic hydroxyl groups is 1. The molecule has 4 aromatic rings. The largest absolute Gasteiger partial charge is 0.507 e. The average molecular weight is 531 g/mol. The Labute approximate surface area is 223 Å². The van der Waals surface area contributed by atoms with Crippen molar-refractivity contribution in [1.29, 1.82) is 0 Å². The van der Waals surface area contributed by atoms with Crippen molar-refractivity contribution >= 4 is 44.1 Å². The van der Waals surface area contributed by atoms with Gasteiger partial charge in [0.05, 0.1) is 42.7 Å². The van der Waals surface area contributed by atoms with Crippen molar-refractivity contribution in [3.05, 3.63) is 82.9 Å². The second kappa shape index (κ2) is 10.2. The molecular formula is C29H26N2O6S. The number of carbonyl (C=O) groups excluding carboxylic acids is 2. The SMILES string of the molecule is CCOc1ccc(C(O)=C2C(=O)C(=O)N(c3nc4ccc(C)cc4s3)C2c2ccc(OC)c(OC)c2)cc1. The van der Waals surface area contributed by atoms with Crippen LogP contribution in [0.15, 0.2) is 66.2 Å². The van der Waals surface area contributed by atoms with Gasteiger partial charge in [0, 0.05) is 5.56 Å². The second-order valence-electron chi connectivity index (χ2n) is 8.71. The zero-order valence-corrected chi connectivity index (χ0v) is 22.2. The smallest absolute Gasteiger partial charge is 0.301 e. The summed E-state index contributed by atoms with van der Waals surface area (Å²) < 4.78 is 17.3. The first-order valence-electron chi connectivity index (χ1n) is 12.0. The summed E-state index contributed by atoms with van der Waals surface area (Å²) in [6.07, 6.45) is 0. The summed E-state index contributed by atoms with van der Waals surface area (Å²) >= 11 is 1.31. The van der Waals surface area contributed by atoms with E-state index in [1.165, 1.54) is 30.5 Å². The highest BCUT2D eigenvalue weighted by atomic mass is 32.1. The normalized spacial score (nSPS) is 16.7. The molecule has 3 aromatic carbocycles. The summed E-state index contributed by atoms with van der Waals surface area (Å²) in [5, 5.41) is 11.8. The Bertz CT molecular complexity index is 1570. The Morgan fingerprint density at radius 3 is 2.42 bits per heavy atom. The van der Waals surface area contributed by atoms with E-state index in [0.29, 0.717) is 40.1 Å². The van der Waals surface area contributed by atoms with Crippen LogP contribution in [0.1, 0.15) is 29.7 Å². The summed E-state index contributed by atoms with van der Waals surface area (Å²) in [7, 11) is 3.03. The lowest BCUT2D eigenvalue weighted by molar-refractivity contribution is -0.132. The zero-order valence-electron chi connectivity index (χ0n) is 21.3. The maximum atomic E-state index is 13.5. The van der Waals surface area contributed by atoms with Crippen LogP contribution in [-0.4, -0.2) is 42.6 Å². The standard InChI is InChI=1S/C29H26N2O6S/c1-5-37-19-10-7-17(8-11-19)26(32)24-25(18-9-13-21(35-3)22(15-18)36-4)31(28(34)27(24)33)29-30-20-12-6-16(2)14-23(20)38-29/h6-15,25,32H,5H2,1-4H3. The number of aryl methyl sites for hydroxylation is 1. The number of methoxy groups -OCH3 is 2. The third-order valence-corrected chi connectivity index (χ3v) is 7.36. The van der Waals surface area contributed by atoms with E-state index < -0.39 is 17.7 Å². The Balaban J connectivity index is 1.71. The van der Waals surface area contributed by atoms with Gasteiger partial charge in [0.25, 0.3) is 5.78 Å². The number of aromatic nitrogens is 1. The number of Topliss-reactive ketones (excluding diaryl/α,β-unsaturated/α-hetero) is 1. The molecule has 1 fully saturated rings. The molecule has 0 aliphatic carbocycles. The van der Waals surface area contributed by atoms with Crippen LogP contribution < -0.4 is 19.1 Å². The molecule has 1 atom stereocenters. The van der Waals surface area contributed by atoms with Gasteiger partial charge in [-0.3, -0.25) is 14.5 Å². The van der Waals surface area contributed by atoms with Gasteiger partial charge in [-0.25, -0.2) is 4.98 Å². The fraction of sp³-hybridized carbons (Fsp3) is 0.207. The van der Waals surface area contributed by atoms with Crippen molar-refractivity contribution in [1.82, 2.24) is 4.98 Å². The highest BCUT2D eigenvalue weighted by molar-refractivity contribution is 7.22. The number of ketones is 1. The number of rotatable bonds is 7. The molecule has 8 nitrogen and oxygen atoms in total. The number of thiazole rings is 1.